The van der Waals surface area contributed by atoms with Crippen LogP contribution >= 0.6 is 0 Å². The second-order valence-electron chi connectivity index (χ2n) is 12.5. The van der Waals surface area contributed by atoms with Gasteiger partial charge in [-0.05, 0) is 75.1 Å². The van der Waals surface area contributed by atoms with E-state index in [0.717, 1.165) is 0 Å². The van der Waals surface area contributed by atoms with Crippen LogP contribution in [0.5, 0.6) is 5.75 Å². The van der Waals surface area contributed by atoms with Crippen molar-refractivity contribution in [3.05, 3.63) is 69.7 Å². The van der Waals surface area contributed by atoms with Crippen molar-refractivity contribution in [1.82, 2.24) is 10.2 Å². The van der Waals surface area contributed by atoms with Crippen LogP contribution in [0.25, 0.3) is 11.1 Å². The Kier molecular flexibility index (Phi) is 8.45. The van der Waals surface area contributed by atoms with Crippen molar-refractivity contribution in [3.8, 4) is 16.9 Å². The first kappa shape index (κ1) is 32.7. The maximum absolute atomic E-state index is 14.3. The predicted molar refractivity (Wildman–Crippen MR) is 169 cm³/mol. The van der Waals surface area contributed by atoms with Crippen molar-refractivity contribution in [1.29, 1.82) is 0 Å². The molecule has 0 bridgehead atoms. The highest BCUT2D eigenvalue weighted by Crippen LogP contribution is 2.54. The second kappa shape index (κ2) is 11.9. The zero-order valence-corrected chi connectivity index (χ0v) is 26.1. The van der Waals surface area contributed by atoms with Crippen LogP contribution in [0, 0.1) is 11.8 Å². The number of phenolic OH excluding ortho intramolecular Hbond substituents is 1. The van der Waals surface area contributed by atoms with Gasteiger partial charge in [-0.1, -0.05) is 12.1 Å². The molecule has 0 saturated heterocycles. The third-order valence-corrected chi connectivity index (χ3v) is 9.28. The summed E-state index contributed by atoms with van der Waals surface area (Å²) in [5, 5.41) is 48.9. The number of nitrogens with one attached hydrogen (secondary N) is 1. The number of nitrogens with zero attached hydrogens (tertiary/aromatic N) is 2. The average molecular weight is 634 g/mol. The molecule has 0 unspecified atom stereocenters. The average Bonchev–Trinajstić information content (AvgIpc) is 2.98. The molecule has 244 valence electrons. The van der Waals surface area contributed by atoms with E-state index in [1.165, 1.54) is 4.90 Å². The number of primary amides is 1. The summed E-state index contributed by atoms with van der Waals surface area (Å²) in [6.45, 7) is 0.815. The van der Waals surface area contributed by atoms with Gasteiger partial charge in [0.05, 0.1) is 11.6 Å². The number of hydrogen-bond donors (Lipinski definition) is 7. The van der Waals surface area contributed by atoms with Crippen molar-refractivity contribution in [2.75, 3.05) is 46.2 Å². The van der Waals surface area contributed by atoms with Gasteiger partial charge in [-0.25, -0.2) is 0 Å². The minimum Gasteiger partial charge on any atom is -0.510 e. The molecule has 46 heavy (non-hydrogen) atoms. The monoisotopic (exact) mass is 633 g/mol. The smallest absolute Gasteiger partial charge is 0.255 e. The molecule has 4 atom stereocenters. The van der Waals surface area contributed by atoms with Crippen LogP contribution in [0.3, 0.4) is 0 Å². The van der Waals surface area contributed by atoms with Gasteiger partial charge in [0, 0.05) is 48.9 Å². The molecule has 13 heteroatoms. The number of allylic oxidation sites excluding steroid dienone is 1. The zero-order chi connectivity index (χ0) is 33.8. The standard InChI is InChI=1S/C33H39N5O8/c1-37(2)21-14-18(15-7-5-8-16(11-15)32(45)36-10-6-9-34)26(39)23-19(21)12-17-13-20-25(38(3)4)28(41)24(31(35)44)30(43)33(20,46)29(42)22(17)27(23)40/h5,7-8,11,14,17,20,25,39,41-42,46H,6,9-10,12-13,34H2,1-4H3,(H2,35,44)(H,36,45)/t17-,20-,25-,33-/m0/s1. The Balaban J connectivity index is 1.67. The van der Waals surface area contributed by atoms with E-state index in [-0.39, 0.29) is 35.4 Å². The Labute approximate surface area is 265 Å². The molecule has 13 nitrogen and oxygen atoms in total. The predicted octanol–water partition coefficient (Wildman–Crippen LogP) is 0.932. The fourth-order valence-electron chi connectivity index (χ4n) is 7.15. The summed E-state index contributed by atoms with van der Waals surface area (Å²) >= 11 is 0. The molecule has 3 aliphatic carbocycles. The summed E-state index contributed by atoms with van der Waals surface area (Å²) < 4.78 is 0. The third kappa shape index (κ3) is 4.91. The van der Waals surface area contributed by atoms with Crippen LogP contribution in [0.15, 0.2) is 53.0 Å². The number of carbonyl (C=O) groups excluding carboxylic acids is 4. The quantitative estimate of drug-likeness (QED) is 0.160. The summed E-state index contributed by atoms with van der Waals surface area (Å²) in [6, 6.07) is 7.20. The van der Waals surface area contributed by atoms with E-state index < -0.39 is 63.8 Å². The number of amides is 2. The van der Waals surface area contributed by atoms with Crippen LogP contribution in [-0.4, -0.2) is 102 Å². The summed E-state index contributed by atoms with van der Waals surface area (Å²) in [5.74, 6) is -7.46. The summed E-state index contributed by atoms with van der Waals surface area (Å²) in [6.07, 6.45) is 0.746. The third-order valence-electron chi connectivity index (χ3n) is 9.28. The maximum Gasteiger partial charge on any atom is 0.255 e. The largest absolute Gasteiger partial charge is 0.510 e. The Morgan fingerprint density at radius 3 is 2.39 bits per heavy atom. The van der Waals surface area contributed by atoms with Crippen molar-refractivity contribution >= 4 is 29.1 Å². The SMILES string of the molecule is CN(C)c1cc(-c2cccc(C(=O)NCCCN)c2)c(O)c2c1C[C@H]1C[C@H]3[C@H](N(C)C)C(O)=C(C(N)=O)C(=O)[C@@]3(O)C(O)=C1C2=O. The summed E-state index contributed by atoms with van der Waals surface area (Å²) in [7, 11) is 6.72. The molecule has 0 spiro atoms. The molecule has 2 amide bonds. The number of aromatic hydroxyl groups is 1. The van der Waals surface area contributed by atoms with E-state index in [4.69, 9.17) is 11.5 Å². The minimum absolute atomic E-state index is 0.0115. The molecular formula is C33H39N5O8. The Bertz CT molecular complexity index is 1730. The second-order valence-corrected chi connectivity index (χ2v) is 12.5. The number of aliphatic hydroxyl groups is 3. The molecule has 0 fully saturated rings. The fourth-order valence-corrected chi connectivity index (χ4v) is 7.15. The number of ketones is 2. The molecule has 2 aromatic rings. The highest BCUT2D eigenvalue weighted by Gasteiger charge is 2.63. The van der Waals surface area contributed by atoms with Crippen LogP contribution in [0.2, 0.25) is 0 Å². The minimum atomic E-state index is -2.73. The van der Waals surface area contributed by atoms with Gasteiger partial charge in [-0.3, -0.25) is 24.1 Å². The van der Waals surface area contributed by atoms with E-state index in [2.05, 4.69) is 5.32 Å². The van der Waals surface area contributed by atoms with Crippen molar-refractivity contribution in [3.63, 3.8) is 0 Å². The molecule has 0 aromatic heterocycles. The van der Waals surface area contributed by atoms with Gasteiger partial charge in [0.25, 0.3) is 11.8 Å². The molecule has 9 N–H and O–H groups in total. The lowest BCUT2D eigenvalue weighted by molar-refractivity contribution is -0.148. The number of nitrogens with two attached hydrogens (primary N) is 2. The Morgan fingerprint density at radius 2 is 1.78 bits per heavy atom. The topological polar surface area (TPSA) is 220 Å². The molecule has 2 aromatic carbocycles. The van der Waals surface area contributed by atoms with Gasteiger partial charge in [0.1, 0.15) is 22.8 Å². The highest BCUT2D eigenvalue weighted by atomic mass is 16.3. The fraction of sp³-hybridized carbons (Fsp3) is 0.394. The number of phenols is 1. The number of hydrogen-bond acceptors (Lipinski definition) is 11. The number of fused-ring (bicyclic) bond motifs is 3. The van der Waals surface area contributed by atoms with Crippen molar-refractivity contribution in [2.24, 2.45) is 23.3 Å². The molecular weight excluding hydrogens is 594 g/mol. The Morgan fingerprint density at radius 1 is 1.09 bits per heavy atom. The van der Waals surface area contributed by atoms with E-state index >= 15 is 0 Å². The molecule has 0 aliphatic heterocycles. The maximum atomic E-state index is 14.3. The number of rotatable bonds is 8. The molecule has 5 rings (SSSR count). The van der Waals surface area contributed by atoms with Gasteiger partial charge in [0.2, 0.25) is 5.78 Å². The number of likely N-dealkylation sites (N-methyl/N-ethyl adjacent to an activating group) is 1. The number of aliphatic hydroxyl groups excluding tert-OH is 2. The number of carbonyl (C=O) groups is 4. The van der Waals surface area contributed by atoms with Gasteiger partial charge in [-0.15, -0.1) is 0 Å². The normalized spacial score (nSPS) is 24.0. The zero-order valence-electron chi connectivity index (χ0n) is 26.1. The van der Waals surface area contributed by atoms with Crippen molar-refractivity contribution in [2.45, 2.75) is 30.9 Å². The highest BCUT2D eigenvalue weighted by molar-refractivity contribution is 6.25. The number of Topliss-reactive ketones (excluding diaryl/α,β-unsaturated/α-hetero) is 2. The van der Waals surface area contributed by atoms with Crippen LogP contribution < -0.4 is 21.7 Å². The van der Waals surface area contributed by atoms with Crippen LogP contribution in [0.4, 0.5) is 5.69 Å². The molecule has 0 heterocycles. The van der Waals surface area contributed by atoms with Crippen LogP contribution in [0.1, 0.15) is 39.1 Å². The van der Waals surface area contributed by atoms with Gasteiger partial charge < -0.3 is 42.1 Å². The molecule has 3 aliphatic rings. The summed E-state index contributed by atoms with van der Waals surface area (Å²) in [4.78, 5) is 56.2. The summed E-state index contributed by atoms with van der Waals surface area (Å²) in [5.41, 5.74) is 9.14. The van der Waals surface area contributed by atoms with E-state index in [1.54, 1.807) is 63.4 Å². The first-order valence-corrected chi connectivity index (χ1v) is 15.0. The van der Waals surface area contributed by atoms with Gasteiger partial charge in [-0.2, -0.15) is 0 Å². The lowest BCUT2D eigenvalue weighted by Crippen LogP contribution is -2.63. The van der Waals surface area contributed by atoms with Crippen LogP contribution in [-0.2, 0) is 16.0 Å². The van der Waals surface area contributed by atoms with Crippen molar-refractivity contribution < 1.29 is 39.6 Å². The van der Waals surface area contributed by atoms with Gasteiger partial charge >= 0.3 is 0 Å². The first-order chi connectivity index (χ1) is 21.7. The van der Waals surface area contributed by atoms with E-state index in [1.807, 2.05) is 0 Å². The van der Waals surface area contributed by atoms with Gasteiger partial charge in [0.15, 0.2) is 11.4 Å². The molecule has 0 saturated carbocycles. The first-order valence-electron chi connectivity index (χ1n) is 15.0. The Hall–Kier alpha value is -4.72. The lowest BCUT2D eigenvalue weighted by Gasteiger charge is -2.50. The van der Waals surface area contributed by atoms with E-state index in [0.29, 0.717) is 41.9 Å². The molecule has 0 radical (unpaired) electrons. The van der Waals surface area contributed by atoms with E-state index in [9.17, 15) is 39.6 Å². The number of anilines is 1. The lowest BCUT2D eigenvalue weighted by atomic mass is 9.58. The number of benzene rings is 2.